The molecule has 0 spiro atoms. The molecule has 0 saturated heterocycles. The first-order chi connectivity index (χ1) is 8.55. The second-order valence-corrected chi connectivity index (χ2v) is 5.11. The summed E-state index contributed by atoms with van der Waals surface area (Å²) in [7, 11) is -3.65. The van der Waals surface area contributed by atoms with Gasteiger partial charge < -0.3 is 0 Å². The number of rotatable bonds is 3. The summed E-state index contributed by atoms with van der Waals surface area (Å²) in [6.45, 7) is 0. The number of aromatic nitrogens is 1. The van der Waals surface area contributed by atoms with Crippen molar-refractivity contribution in [2.45, 2.75) is 4.90 Å². The van der Waals surface area contributed by atoms with Crippen LogP contribution in [-0.4, -0.2) is 19.6 Å². The van der Waals surface area contributed by atoms with E-state index in [1.165, 1.54) is 12.1 Å². The van der Waals surface area contributed by atoms with E-state index in [9.17, 15) is 8.42 Å². The lowest BCUT2D eigenvalue weighted by molar-refractivity contribution is 0.598. The van der Waals surface area contributed by atoms with Crippen LogP contribution < -0.4 is 5.14 Å². The second kappa shape index (κ2) is 5.07. The zero-order valence-corrected chi connectivity index (χ0v) is 10.2. The molecule has 0 bridgehead atoms. The molecular formula is C12H11N3O2S. The lowest BCUT2D eigenvalue weighted by Gasteiger charge is -1.98. The summed E-state index contributed by atoms with van der Waals surface area (Å²) in [5, 5.41) is 5.00. The summed E-state index contributed by atoms with van der Waals surface area (Å²) in [6, 6.07) is 11.5. The minimum absolute atomic E-state index is 0.0688. The highest BCUT2D eigenvalue weighted by atomic mass is 32.2. The maximum atomic E-state index is 11.1. The van der Waals surface area contributed by atoms with Crippen LogP contribution in [0.4, 0.5) is 5.69 Å². The van der Waals surface area contributed by atoms with Crippen molar-refractivity contribution in [3.8, 4) is 0 Å². The first kappa shape index (κ1) is 12.4. The quantitative estimate of drug-likeness (QED) is 0.849. The molecule has 0 radical (unpaired) electrons. The molecule has 6 heteroatoms. The Morgan fingerprint density at radius 2 is 1.83 bits per heavy atom. The predicted molar refractivity (Wildman–Crippen MR) is 69.3 cm³/mol. The Hall–Kier alpha value is -2.05. The van der Waals surface area contributed by atoms with E-state index in [-0.39, 0.29) is 4.90 Å². The van der Waals surface area contributed by atoms with E-state index < -0.39 is 10.0 Å². The molecule has 92 valence electrons. The van der Waals surface area contributed by atoms with Crippen LogP contribution >= 0.6 is 0 Å². The molecule has 0 fully saturated rings. The molecule has 1 aromatic carbocycles. The minimum atomic E-state index is -3.65. The van der Waals surface area contributed by atoms with Crippen molar-refractivity contribution in [2.24, 2.45) is 10.1 Å². The molecular weight excluding hydrogens is 250 g/mol. The van der Waals surface area contributed by atoms with E-state index in [1.54, 1.807) is 24.5 Å². The Bertz CT molecular complexity index is 649. The van der Waals surface area contributed by atoms with Gasteiger partial charge in [-0.05, 0) is 36.4 Å². The number of hydrogen-bond donors (Lipinski definition) is 1. The van der Waals surface area contributed by atoms with E-state index in [0.29, 0.717) is 5.69 Å². The van der Waals surface area contributed by atoms with Crippen LogP contribution in [0.15, 0.2) is 58.5 Å². The SMILES string of the molecule is NS(=O)(=O)c1ccc(N=Cc2ccccn2)cc1. The maximum Gasteiger partial charge on any atom is 0.238 e. The van der Waals surface area contributed by atoms with Crippen LogP contribution in [0.5, 0.6) is 0 Å². The van der Waals surface area contributed by atoms with E-state index in [4.69, 9.17) is 5.14 Å². The van der Waals surface area contributed by atoms with Crippen molar-refractivity contribution >= 4 is 21.9 Å². The van der Waals surface area contributed by atoms with E-state index >= 15 is 0 Å². The summed E-state index contributed by atoms with van der Waals surface area (Å²) < 4.78 is 22.1. The lowest BCUT2D eigenvalue weighted by Crippen LogP contribution is -2.11. The zero-order valence-electron chi connectivity index (χ0n) is 9.39. The number of sulfonamides is 1. The summed E-state index contributed by atoms with van der Waals surface area (Å²) in [4.78, 5) is 8.33. The van der Waals surface area contributed by atoms with Gasteiger partial charge in [-0.25, -0.2) is 13.6 Å². The van der Waals surface area contributed by atoms with Gasteiger partial charge >= 0.3 is 0 Å². The maximum absolute atomic E-state index is 11.1. The molecule has 0 atom stereocenters. The highest BCUT2D eigenvalue weighted by Crippen LogP contribution is 2.15. The van der Waals surface area contributed by atoms with E-state index in [1.807, 2.05) is 18.2 Å². The molecule has 2 N–H and O–H groups in total. The van der Waals surface area contributed by atoms with Gasteiger partial charge in [-0.2, -0.15) is 0 Å². The van der Waals surface area contributed by atoms with Crippen molar-refractivity contribution in [3.05, 3.63) is 54.4 Å². The number of pyridine rings is 1. The van der Waals surface area contributed by atoms with Gasteiger partial charge in [0.15, 0.2) is 0 Å². The Labute approximate surface area is 105 Å². The topological polar surface area (TPSA) is 85.4 Å². The number of primary sulfonamides is 1. The van der Waals surface area contributed by atoms with Crippen LogP contribution in [0.3, 0.4) is 0 Å². The van der Waals surface area contributed by atoms with Crippen molar-refractivity contribution in [3.63, 3.8) is 0 Å². The average molecular weight is 261 g/mol. The van der Waals surface area contributed by atoms with Gasteiger partial charge in [-0.15, -0.1) is 0 Å². The minimum Gasteiger partial charge on any atom is -0.255 e. The standard InChI is InChI=1S/C12H11N3O2S/c13-18(16,17)12-6-4-10(5-7-12)15-9-11-3-1-2-8-14-11/h1-9H,(H2,13,16,17). The number of nitrogens with zero attached hydrogens (tertiary/aromatic N) is 2. The predicted octanol–water partition coefficient (Wildman–Crippen LogP) is 1.48. The molecule has 0 aliphatic heterocycles. The van der Waals surface area contributed by atoms with Gasteiger partial charge in [0.05, 0.1) is 22.5 Å². The van der Waals surface area contributed by atoms with Crippen molar-refractivity contribution in [2.75, 3.05) is 0 Å². The van der Waals surface area contributed by atoms with Gasteiger partial charge in [0.25, 0.3) is 0 Å². The number of aliphatic imine (C=N–C) groups is 1. The third-order valence-electron chi connectivity index (χ3n) is 2.20. The third-order valence-corrected chi connectivity index (χ3v) is 3.13. The molecule has 0 aliphatic carbocycles. The van der Waals surface area contributed by atoms with Crippen molar-refractivity contribution in [1.29, 1.82) is 0 Å². The largest absolute Gasteiger partial charge is 0.255 e. The molecule has 2 rings (SSSR count). The first-order valence-corrected chi connectivity index (χ1v) is 6.68. The number of nitrogens with two attached hydrogens (primary N) is 1. The first-order valence-electron chi connectivity index (χ1n) is 5.14. The van der Waals surface area contributed by atoms with Crippen LogP contribution in [0.25, 0.3) is 0 Å². The fourth-order valence-corrected chi connectivity index (χ4v) is 1.83. The van der Waals surface area contributed by atoms with Crippen molar-refractivity contribution in [1.82, 2.24) is 4.98 Å². The summed E-state index contributed by atoms with van der Waals surface area (Å²) in [5.74, 6) is 0. The molecule has 0 saturated carbocycles. The van der Waals surface area contributed by atoms with Crippen LogP contribution in [0.1, 0.15) is 5.69 Å². The Balaban J connectivity index is 2.19. The highest BCUT2D eigenvalue weighted by molar-refractivity contribution is 7.89. The lowest BCUT2D eigenvalue weighted by atomic mass is 10.3. The smallest absolute Gasteiger partial charge is 0.238 e. The number of hydrogen-bond acceptors (Lipinski definition) is 4. The second-order valence-electron chi connectivity index (χ2n) is 3.55. The van der Waals surface area contributed by atoms with E-state index in [2.05, 4.69) is 9.98 Å². The molecule has 1 heterocycles. The third kappa shape index (κ3) is 3.22. The Morgan fingerprint density at radius 3 is 2.39 bits per heavy atom. The summed E-state index contributed by atoms with van der Waals surface area (Å²) in [5.41, 5.74) is 1.36. The monoisotopic (exact) mass is 261 g/mol. The average Bonchev–Trinajstić information content (AvgIpc) is 2.37. The van der Waals surface area contributed by atoms with Gasteiger partial charge in [-0.3, -0.25) is 9.98 Å². The molecule has 0 aliphatic rings. The van der Waals surface area contributed by atoms with Crippen molar-refractivity contribution < 1.29 is 8.42 Å². The Kier molecular flexibility index (Phi) is 3.50. The van der Waals surface area contributed by atoms with Gasteiger partial charge in [0.1, 0.15) is 0 Å². The van der Waals surface area contributed by atoms with Crippen LogP contribution in [0, 0.1) is 0 Å². The molecule has 5 nitrogen and oxygen atoms in total. The molecule has 18 heavy (non-hydrogen) atoms. The fraction of sp³-hybridized carbons (Fsp3) is 0. The molecule has 0 amide bonds. The molecule has 0 unspecified atom stereocenters. The van der Waals surface area contributed by atoms with E-state index in [0.717, 1.165) is 5.69 Å². The van der Waals surface area contributed by atoms with Gasteiger partial charge in [0.2, 0.25) is 10.0 Å². The normalized spacial score (nSPS) is 11.8. The molecule has 1 aromatic heterocycles. The summed E-state index contributed by atoms with van der Waals surface area (Å²) in [6.07, 6.45) is 3.28. The zero-order chi connectivity index (χ0) is 13.0. The number of benzene rings is 1. The fourth-order valence-electron chi connectivity index (χ4n) is 1.31. The van der Waals surface area contributed by atoms with Gasteiger partial charge in [-0.1, -0.05) is 6.07 Å². The molecule has 2 aromatic rings. The van der Waals surface area contributed by atoms with Gasteiger partial charge in [0, 0.05) is 6.20 Å². The Morgan fingerprint density at radius 1 is 1.11 bits per heavy atom. The van der Waals surface area contributed by atoms with Crippen LogP contribution in [-0.2, 0) is 10.0 Å². The highest BCUT2D eigenvalue weighted by Gasteiger charge is 2.05. The van der Waals surface area contributed by atoms with Crippen LogP contribution in [0.2, 0.25) is 0 Å². The summed E-state index contributed by atoms with van der Waals surface area (Å²) >= 11 is 0.